The fraction of sp³-hybridized carbons (Fsp3) is 0.208. The summed E-state index contributed by atoms with van der Waals surface area (Å²) in [5.74, 6) is 0.826. The van der Waals surface area contributed by atoms with Crippen molar-refractivity contribution in [2.24, 2.45) is 0 Å². The van der Waals surface area contributed by atoms with Crippen LogP contribution in [-0.4, -0.2) is 27.0 Å². The van der Waals surface area contributed by atoms with E-state index in [1.807, 2.05) is 31.2 Å². The summed E-state index contributed by atoms with van der Waals surface area (Å²) in [4.78, 5) is 28.3. The molecule has 9 nitrogen and oxygen atoms in total. The zero-order chi connectivity index (χ0) is 24.2. The number of ether oxygens (including phenoxy) is 2. The van der Waals surface area contributed by atoms with Crippen LogP contribution in [0.25, 0.3) is 10.9 Å². The zero-order valence-corrected chi connectivity index (χ0v) is 19.4. The molecule has 0 spiro atoms. The van der Waals surface area contributed by atoms with Gasteiger partial charge in [-0.3, -0.25) is 9.78 Å². The maximum absolute atomic E-state index is 12.8. The topological polar surface area (TPSA) is 126 Å². The van der Waals surface area contributed by atoms with Gasteiger partial charge in [0.15, 0.2) is 0 Å². The van der Waals surface area contributed by atoms with E-state index in [0.29, 0.717) is 21.9 Å². The first-order valence-corrected chi connectivity index (χ1v) is 10.8. The first-order valence-electron chi connectivity index (χ1n) is 10.4. The van der Waals surface area contributed by atoms with Gasteiger partial charge in [-0.15, -0.1) is 0 Å². The average molecular weight is 477 g/mol. The largest absolute Gasteiger partial charge is 0.483 e. The average Bonchev–Trinajstić information content (AvgIpc) is 2.84. The second-order valence-corrected chi connectivity index (χ2v) is 7.94. The third-order valence-electron chi connectivity index (χ3n) is 5.21. The van der Waals surface area contributed by atoms with Gasteiger partial charge in [0.05, 0.1) is 35.6 Å². The van der Waals surface area contributed by atoms with Crippen LogP contribution in [0.4, 0.5) is 5.95 Å². The number of H-pyrrole nitrogens is 1. The van der Waals surface area contributed by atoms with Crippen LogP contribution in [0.15, 0.2) is 53.6 Å². The number of fused-ring (bicyclic) bond motifs is 1. The van der Waals surface area contributed by atoms with Gasteiger partial charge in [-0.2, -0.15) is 10.2 Å². The first-order chi connectivity index (χ1) is 16.4. The van der Waals surface area contributed by atoms with Crippen molar-refractivity contribution in [3.63, 3.8) is 0 Å². The summed E-state index contributed by atoms with van der Waals surface area (Å²) in [5, 5.41) is 13.3. The van der Waals surface area contributed by atoms with Gasteiger partial charge in [0, 0.05) is 23.2 Å². The quantitative estimate of drug-likeness (QED) is 0.397. The van der Waals surface area contributed by atoms with Crippen molar-refractivity contribution in [1.82, 2.24) is 19.9 Å². The molecular formula is C24H21ClN6O3. The van der Waals surface area contributed by atoms with E-state index in [9.17, 15) is 4.79 Å². The molecule has 10 heteroatoms. The summed E-state index contributed by atoms with van der Waals surface area (Å²) in [6.45, 7) is 3.68. The van der Waals surface area contributed by atoms with E-state index < -0.39 is 6.04 Å². The van der Waals surface area contributed by atoms with E-state index in [4.69, 9.17) is 26.3 Å². The molecule has 0 saturated carbocycles. The van der Waals surface area contributed by atoms with Crippen molar-refractivity contribution < 1.29 is 9.47 Å². The molecule has 34 heavy (non-hydrogen) atoms. The van der Waals surface area contributed by atoms with E-state index in [2.05, 4.69) is 25.3 Å². The van der Waals surface area contributed by atoms with Crippen LogP contribution in [0.1, 0.15) is 42.8 Å². The van der Waals surface area contributed by atoms with Crippen LogP contribution in [0, 0.1) is 11.3 Å². The fourth-order valence-electron chi connectivity index (χ4n) is 3.44. The molecule has 2 N–H and O–H groups in total. The Hall–Kier alpha value is -4.16. The van der Waals surface area contributed by atoms with Crippen LogP contribution in [-0.2, 0) is 0 Å². The number of nitriles is 1. The molecule has 0 unspecified atom stereocenters. The molecule has 2 atom stereocenters. The highest BCUT2D eigenvalue weighted by Gasteiger charge is 2.17. The van der Waals surface area contributed by atoms with Gasteiger partial charge in [0.1, 0.15) is 23.5 Å². The maximum atomic E-state index is 12.8. The number of hydrogen-bond acceptors (Lipinski definition) is 8. The Morgan fingerprint density at radius 2 is 2.03 bits per heavy atom. The van der Waals surface area contributed by atoms with Gasteiger partial charge >= 0.3 is 0 Å². The Balaban J connectivity index is 1.60. The molecule has 0 fully saturated rings. The molecule has 0 aliphatic rings. The molecule has 0 aliphatic heterocycles. The predicted octanol–water partition coefficient (Wildman–Crippen LogP) is 4.56. The van der Waals surface area contributed by atoms with E-state index in [1.54, 1.807) is 31.3 Å². The van der Waals surface area contributed by atoms with Gasteiger partial charge in [-0.05, 0) is 38.1 Å². The SMILES string of the molecule is COc1nc(N[C@@H](C)c2cc3cc(Cl)c(O[C@H](C)c4ccccn4)cc3[nH]c2=O)ncc1C#N. The number of nitrogens with one attached hydrogen (secondary N) is 2. The molecule has 3 aromatic heterocycles. The number of nitrogens with zero attached hydrogens (tertiary/aromatic N) is 4. The number of halogens is 1. The fourth-order valence-corrected chi connectivity index (χ4v) is 3.66. The lowest BCUT2D eigenvalue weighted by Gasteiger charge is -2.17. The van der Waals surface area contributed by atoms with Crippen molar-refractivity contribution in [3.05, 3.63) is 81.0 Å². The van der Waals surface area contributed by atoms with E-state index in [0.717, 1.165) is 11.1 Å². The molecule has 3 heterocycles. The standard InChI is InChI=1S/C24H21ClN6O3/c1-13(29-24-28-12-16(11-26)23(31-24)33-3)17-8-15-9-18(25)21(10-20(15)30-22(17)32)34-14(2)19-6-4-5-7-27-19/h4-10,12-14H,1-3H3,(H,30,32)(H,28,29,31)/t13-,14+/m0/s1. The minimum absolute atomic E-state index is 0.152. The number of aromatic amines is 1. The molecule has 0 bridgehead atoms. The lowest BCUT2D eigenvalue weighted by Crippen LogP contribution is -2.20. The summed E-state index contributed by atoms with van der Waals surface area (Å²) in [5.41, 5.74) is 1.76. The van der Waals surface area contributed by atoms with E-state index in [-0.39, 0.29) is 29.1 Å². The minimum Gasteiger partial charge on any atom is -0.483 e. The predicted molar refractivity (Wildman–Crippen MR) is 128 cm³/mol. The summed E-state index contributed by atoms with van der Waals surface area (Å²) < 4.78 is 11.1. The van der Waals surface area contributed by atoms with Gasteiger partial charge in [-0.25, -0.2) is 4.98 Å². The summed E-state index contributed by atoms with van der Waals surface area (Å²) in [6, 6.07) is 12.3. The number of anilines is 1. The van der Waals surface area contributed by atoms with Crippen molar-refractivity contribution in [2.45, 2.75) is 26.0 Å². The second-order valence-electron chi connectivity index (χ2n) is 7.53. The Kier molecular flexibility index (Phi) is 6.61. The minimum atomic E-state index is -0.440. The highest BCUT2D eigenvalue weighted by Crippen LogP contribution is 2.32. The molecule has 172 valence electrons. The van der Waals surface area contributed by atoms with Gasteiger partial charge < -0.3 is 19.8 Å². The molecule has 0 radical (unpaired) electrons. The monoisotopic (exact) mass is 476 g/mol. The molecule has 1 aromatic carbocycles. The number of pyridine rings is 2. The van der Waals surface area contributed by atoms with Gasteiger partial charge in [0.25, 0.3) is 5.56 Å². The van der Waals surface area contributed by atoms with Crippen LogP contribution < -0.4 is 20.3 Å². The summed E-state index contributed by atoms with van der Waals surface area (Å²) in [7, 11) is 1.42. The molecule has 4 aromatic rings. The Labute approximate surface area is 200 Å². The van der Waals surface area contributed by atoms with Crippen molar-refractivity contribution >= 4 is 28.5 Å². The molecule has 0 saturated heterocycles. The van der Waals surface area contributed by atoms with Gasteiger partial charge in [0.2, 0.25) is 11.8 Å². The number of rotatable bonds is 7. The Bertz CT molecular complexity index is 1430. The molecular weight excluding hydrogens is 456 g/mol. The van der Waals surface area contributed by atoms with Crippen LogP contribution >= 0.6 is 11.6 Å². The molecule has 0 aliphatic carbocycles. The lowest BCUT2D eigenvalue weighted by atomic mass is 10.1. The number of hydrogen-bond donors (Lipinski definition) is 2. The lowest BCUT2D eigenvalue weighted by molar-refractivity contribution is 0.222. The van der Waals surface area contributed by atoms with Crippen molar-refractivity contribution in [2.75, 3.05) is 12.4 Å². The van der Waals surface area contributed by atoms with Crippen LogP contribution in [0.5, 0.6) is 11.6 Å². The van der Waals surface area contributed by atoms with Gasteiger partial charge in [-0.1, -0.05) is 17.7 Å². The van der Waals surface area contributed by atoms with Crippen molar-refractivity contribution in [1.29, 1.82) is 5.26 Å². The summed E-state index contributed by atoms with van der Waals surface area (Å²) in [6.07, 6.45) is 2.74. The second kappa shape index (κ2) is 9.77. The normalized spacial score (nSPS) is 12.6. The molecule has 4 rings (SSSR count). The van der Waals surface area contributed by atoms with E-state index >= 15 is 0 Å². The van der Waals surface area contributed by atoms with E-state index in [1.165, 1.54) is 13.3 Å². The number of methoxy groups -OCH3 is 1. The smallest absolute Gasteiger partial charge is 0.253 e. The summed E-state index contributed by atoms with van der Waals surface area (Å²) >= 11 is 6.48. The number of aromatic nitrogens is 4. The first kappa shape index (κ1) is 23.0. The zero-order valence-electron chi connectivity index (χ0n) is 18.7. The highest BCUT2D eigenvalue weighted by atomic mass is 35.5. The Morgan fingerprint density at radius 3 is 2.74 bits per heavy atom. The maximum Gasteiger partial charge on any atom is 0.253 e. The van der Waals surface area contributed by atoms with Crippen LogP contribution in [0.2, 0.25) is 5.02 Å². The van der Waals surface area contributed by atoms with Crippen LogP contribution in [0.3, 0.4) is 0 Å². The van der Waals surface area contributed by atoms with Crippen molar-refractivity contribution in [3.8, 4) is 17.7 Å². The highest BCUT2D eigenvalue weighted by molar-refractivity contribution is 6.32. The molecule has 0 amide bonds. The Morgan fingerprint density at radius 1 is 1.21 bits per heavy atom. The third kappa shape index (κ3) is 4.77. The third-order valence-corrected chi connectivity index (χ3v) is 5.51. The number of benzene rings is 1.